The third kappa shape index (κ3) is 2.05. The number of hydrogen-bond acceptors (Lipinski definition) is 5. The lowest BCUT2D eigenvalue weighted by atomic mass is 10.2. The zero-order valence-corrected chi connectivity index (χ0v) is 11.9. The molecule has 20 heavy (non-hydrogen) atoms. The summed E-state index contributed by atoms with van der Waals surface area (Å²) in [6.45, 7) is 4.35. The predicted molar refractivity (Wildman–Crippen MR) is 83.1 cm³/mol. The first-order valence-corrected chi connectivity index (χ1v) is 7.55. The van der Waals surface area contributed by atoms with Gasteiger partial charge in [0, 0.05) is 30.2 Å². The molecule has 6 heteroatoms. The van der Waals surface area contributed by atoms with Crippen LogP contribution in [0.4, 0.5) is 5.69 Å². The summed E-state index contributed by atoms with van der Waals surface area (Å²) in [5.41, 5.74) is 2.39. The molecule has 2 aromatic rings. The van der Waals surface area contributed by atoms with E-state index in [2.05, 4.69) is 42.9 Å². The number of H-pyrrole nitrogens is 1. The van der Waals surface area contributed by atoms with Crippen molar-refractivity contribution in [2.45, 2.75) is 0 Å². The normalized spacial score (nSPS) is 19.7. The average Bonchev–Trinajstić information content (AvgIpc) is 3.17. The quantitative estimate of drug-likeness (QED) is 0.818. The van der Waals surface area contributed by atoms with E-state index in [-0.39, 0.29) is 0 Å². The first-order valence-electron chi connectivity index (χ1n) is 6.82. The third-order valence-corrected chi connectivity index (χ3v) is 4.56. The summed E-state index contributed by atoms with van der Waals surface area (Å²) in [7, 11) is 0. The van der Waals surface area contributed by atoms with Crippen LogP contribution >= 0.6 is 12.1 Å². The van der Waals surface area contributed by atoms with E-state index < -0.39 is 0 Å². The molecule has 0 atom stereocenters. The number of fused-ring (bicyclic) bond motifs is 1. The number of benzene rings is 1. The Hall–Kier alpha value is -1.66. The van der Waals surface area contributed by atoms with Crippen molar-refractivity contribution in [3.8, 4) is 0 Å². The molecule has 3 heterocycles. The third-order valence-electron chi connectivity index (χ3n) is 3.75. The highest BCUT2D eigenvalue weighted by Crippen LogP contribution is 2.34. The van der Waals surface area contributed by atoms with Crippen LogP contribution in [0.15, 0.2) is 34.9 Å². The van der Waals surface area contributed by atoms with Crippen molar-refractivity contribution in [1.29, 1.82) is 0 Å². The van der Waals surface area contributed by atoms with Crippen LogP contribution in [-0.2, 0) is 4.74 Å². The summed E-state index contributed by atoms with van der Waals surface area (Å²) >= 11 is 1.54. The summed E-state index contributed by atoms with van der Waals surface area (Å²) in [6.07, 6.45) is 1.98. The van der Waals surface area contributed by atoms with E-state index >= 15 is 0 Å². The minimum Gasteiger partial charge on any atom is -0.378 e. The van der Waals surface area contributed by atoms with E-state index in [9.17, 15) is 0 Å². The molecule has 0 saturated carbocycles. The van der Waals surface area contributed by atoms with Crippen LogP contribution in [-0.4, -0.2) is 48.6 Å². The number of anilines is 1. The summed E-state index contributed by atoms with van der Waals surface area (Å²) < 4.78 is 12.3. The SMILES string of the molecule is c1cc(N2CC(N3CCOCC3)=NS2)c2cc[nH]c2c1. The van der Waals surface area contributed by atoms with Gasteiger partial charge in [-0.3, -0.25) is 4.31 Å². The fraction of sp³-hybridized carbons (Fsp3) is 0.357. The second-order valence-corrected chi connectivity index (χ2v) is 5.73. The molecular weight excluding hydrogens is 272 g/mol. The van der Waals surface area contributed by atoms with Gasteiger partial charge in [0.2, 0.25) is 0 Å². The summed E-state index contributed by atoms with van der Waals surface area (Å²) in [5, 5.41) is 1.25. The van der Waals surface area contributed by atoms with Crippen molar-refractivity contribution in [3.05, 3.63) is 30.5 Å². The molecule has 0 bridgehead atoms. The van der Waals surface area contributed by atoms with Gasteiger partial charge in [-0.05, 0) is 18.2 Å². The first-order chi connectivity index (χ1) is 9.92. The molecule has 1 fully saturated rings. The number of amidine groups is 1. The van der Waals surface area contributed by atoms with Crippen LogP contribution in [0.25, 0.3) is 10.9 Å². The Kier molecular flexibility index (Phi) is 3.05. The van der Waals surface area contributed by atoms with Gasteiger partial charge in [0.15, 0.2) is 0 Å². The standard InChI is InChI=1S/C14H16N4OS/c1-2-12-11(4-5-15-12)13(3-1)18-10-14(16-20-18)17-6-8-19-9-7-17/h1-5,15H,6-10H2. The van der Waals surface area contributed by atoms with Gasteiger partial charge in [-0.1, -0.05) is 6.07 Å². The molecule has 104 valence electrons. The zero-order valence-electron chi connectivity index (χ0n) is 11.1. The monoisotopic (exact) mass is 288 g/mol. The maximum atomic E-state index is 5.40. The van der Waals surface area contributed by atoms with E-state index in [1.165, 1.54) is 16.6 Å². The van der Waals surface area contributed by atoms with E-state index in [0.29, 0.717) is 0 Å². The van der Waals surface area contributed by atoms with Gasteiger partial charge in [0.25, 0.3) is 0 Å². The van der Waals surface area contributed by atoms with Gasteiger partial charge in [0.05, 0.1) is 37.6 Å². The van der Waals surface area contributed by atoms with Crippen LogP contribution in [0, 0.1) is 0 Å². The van der Waals surface area contributed by atoms with Crippen molar-refractivity contribution in [2.24, 2.45) is 4.40 Å². The number of rotatable bonds is 1. The Bertz CT molecular complexity index is 647. The van der Waals surface area contributed by atoms with Crippen LogP contribution in [0.2, 0.25) is 0 Å². The number of hydrogen-bond donors (Lipinski definition) is 1. The highest BCUT2D eigenvalue weighted by atomic mass is 32.2. The number of aromatic nitrogens is 1. The van der Waals surface area contributed by atoms with E-state index in [4.69, 9.17) is 4.74 Å². The summed E-state index contributed by atoms with van der Waals surface area (Å²) in [6, 6.07) is 8.46. The lowest BCUT2D eigenvalue weighted by Gasteiger charge is -2.28. The smallest absolute Gasteiger partial charge is 0.135 e. The second-order valence-electron chi connectivity index (χ2n) is 4.94. The molecule has 5 nitrogen and oxygen atoms in total. The minimum absolute atomic E-state index is 0.803. The Morgan fingerprint density at radius 1 is 1.20 bits per heavy atom. The summed E-state index contributed by atoms with van der Waals surface area (Å²) in [5.74, 6) is 1.16. The molecule has 0 amide bonds. The fourth-order valence-electron chi connectivity index (χ4n) is 2.68. The number of ether oxygens (including phenoxy) is 1. The Labute approximate surface area is 121 Å². The molecule has 0 spiro atoms. The van der Waals surface area contributed by atoms with Crippen LogP contribution in [0.5, 0.6) is 0 Å². The molecule has 1 aromatic heterocycles. The Morgan fingerprint density at radius 2 is 2.10 bits per heavy atom. The maximum absolute atomic E-state index is 5.40. The number of nitrogens with zero attached hydrogens (tertiary/aromatic N) is 3. The molecule has 0 unspecified atom stereocenters. The average molecular weight is 288 g/mol. The zero-order chi connectivity index (χ0) is 13.4. The topological polar surface area (TPSA) is 43.9 Å². The van der Waals surface area contributed by atoms with Crippen LogP contribution in [0.1, 0.15) is 0 Å². The van der Waals surface area contributed by atoms with Crippen LogP contribution < -0.4 is 4.31 Å². The molecule has 1 aromatic carbocycles. The van der Waals surface area contributed by atoms with Crippen molar-refractivity contribution >= 4 is 34.6 Å². The Balaban J connectivity index is 1.56. The molecule has 1 N–H and O–H groups in total. The van der Waals surface area contributed by atoms with Gasteiger partial charge in [-0.15, -0.1) is 0 Å². The molecule has 0 aliphatic carbocycles. The number of nitrogens with one attached hydrogen (secondary N) is 1. The summed E-state index contributed by atoms with van der Waals surface area (Å²) in [4.78, 5) is 5.58. The van der Waals surface area contributed by atoms with Gasteiger partial charge >= 0.3 is 0 Å². The number of aromatic amines is 1. The largest absolute Gasteiger partial charge is 0.378 e. The highest BCUT2D eigenvalue weighted by molar-refractivity contribution is 7.99. The van der Waals surface area contributed by atoms with Gasteiger partial charge in [-0.2, -0.15) is 4.40 Å². The molecule has 2 aliphatic heterocycles. The van der Waals surface area contributed by atoms with Crippen molar-refractivity contribution < 1.29 is 4.74 Å². The highest BCUT2D eigenvalue weighted by Gasteiger charge is 2.25. The van der Waals surface area contributed by atoms with E-state index in [1.54, 1.807) is 12.1 Å². The maximum Gasteiger partial charge on any atom is 0.135 e. The van der Waals surface area contributed by atoms with Crippen LogP contribution in [0.3, 0.4) is 0 Å². The van der Waals surface area contributed by atoms with Gasteiger partial charge in [-0.25, -0.2) is 0 Å². The van der Waals surface area contributed by atoms with Gasteiger partial charge < -0.3 is 14.6 Å². The van der Waals surface area contributed by atoms with E-state index in [1.807, 2.05) is 6.20 Å². The first kappa shape index (κ1) is 12.1. The van der Waals surface area contributed by atoms with Crippen molar-refractivity contribution in [2.75, 3.05) is 37.2 Å². The van der Waals surface area contributed by atoms with Crippen molar-refractivity contribution in [1.82, 2.24) is 9.88 Å². The van der Waals surface area contributed by atoms with Crippen molar-refractivity contribution in [3.63, 3.8) is 0 Å². The lowest BCUT2D eigenvalue weighted by molar-refractivity contribution is 0.0678. The fourth-order valence-corrected chi connectivity index (χ4v) is 3.46. The van der Waals surface area contributed by atoms with E-state index in [0.717, 1.165) is 38.7 Å². The molecule has 1 saturated heterocycles. The molecule has 4 rings (SSSR count). The molecule has 2 aliphatic rings. The van der Waals surface area contributed by atoms with Gasteiger partial charge in [0.1, 0.15) is 5.84 Å². The minimum atomic E-state index is 0.803. The molecule has 0 radical (unpaired) electrons. The predicted octanol–water partition coefficient (Wildman–Crippen LogP) is 2.28. The second kappa shape index (κ2) is 5.03. The lowest BCUT2D eigenvalue weighted by Crippen LogP contribution is -2.42. The Morgan fingerprint density at radius 3 is 3.00 bits per heavy atom. The number of morpholine rings is 1. The molecular formula is C14H16N4OS.